The highest BCUT2D eigenvalue weighted by Crippen LogP contribution is 2.18. The van der Waals surface area contributed by atoms with E-state index in [4.69, 9.17) is 11.6 Å². The van der Waals surface area contributed by atoms with E-state index in [-0.39, 0.29) is 17.9 Å². The van der Waals surface area contributed by atoms with Crippen molar-refractivity contribution in [3.8, 4) is 0 Å². The minimum atomic E-state index is -0.554. The molecule has 2 atom stereocenters. The van der Waals surface area contributed by atoms with Gasteiger partial charge in [0.2, 0.25) is 11.8 Å². The Morgan fingerprint density at radius 1 is 1.10 bits per heavy atom. The average Bonchev–Trinajstić information content (AvgIpc) is 2.72. The molecule has 0 bridgehead atoms. The smallest absolute Gasteiger partial charge is 0.242 e. The summed E-state index contributed by atoms with van der Waals surface area (Å²) < 4.78 is 0. The normalized spacial score (nSPS) is 12.8. The van der Waals surface area contributed by atoms with Crippen molar-refractivity contribution < 1.29 is 9.59 Å². The van der Waals surface area contributed by atoms with Gasteiger partial charge >= 0.3 is 0 Å². The standard InChI is InChI=1S/C24H31ClN2O2S/c1-5-18(3)26-24(29)19(4)27(14-20-9-11-22(25)12-10-20)23(28)16-30-15-21-8-6-7-17(2)13-21/h6-13,18-19H,5,14-16H2,1-4H3,(H,26,29)/t18-,19+/m1/s1. The van der Waals surface area contributed by atoms with Gasteiger partial charge in [-0.1, -0.05) is 60.5 Å². The molecule has 0 aliphatic heterocycles. The first kappa shape index (κ1) is 24.3. The fourth-order valence-corrected chi connectivity index (χ4v) is 3.96. The molecule has 0 heterocycles. The first-order valence-corrected chi connectivity index (χ1v) is 11.8. The highest BCUT2D eigenvalue weighted by atomic mass is 35.5. The summed E-state index contributed by atoms with van der Waals surface area (Å²) in [6.45, 7) is 8.21. The largest absolute Gasteiger partial charge is 0.352 e. The summed E-state index contributed by atoms with van der Waals surface area (Å²) in [4.78, 5) is 27.4. The zero-order valence-corrected chi connectivity index (χ0v) is 19.7. The lowest BCUT2D eigenvalue weighted by atomic mass is 10.1. The predicted molar refractivity (Wildman–Crippen MR) is 127 cm³/mol. The zero-order valence-electron chi connectivity index (χ0n) is 18.2. The van der Waals surface area contributed by atoms with Gasteiger partial charge in [0.25, 0.3) is 0 Å². The number of carbonyl (C=O) groups is 2. The van der Waals surface area contributed by atoms with Crippen LogP contribution in [0.15, 0.2) is 48.5 Å². The van der Waals surface area contributed by atoms with E-state index in [0.29, 0.717) is 17.3 Å². The van der Waals surface area contributed by atoms with E-state index in [1.165, 1.54) is 11.1 Å². The summed E-state index contributed by atoms with van der Waals surface area (Å²) in [6.07, 6.45) is 0.843. The molecule has 162 valence electrons. The van der Waals surface area contributed by atoms with Crippen LogP contribution in [0.5, 0.6) is 0 Å². The number of halogens is 1. The van der Waals surface area contributed by atoms with Gasteiger partial charge in [-0.05, 0) is 50.5 Å². The first-order chi connectivity index (χ1) is 14.3. The number of rotatable bonds is 10. The lowest BCUT2D eigenvalue weighted by Gasteiger charge is -2.29. The van der Waals surface area contributed by atoms with Gasteiger partial charge in [-0.25, -0.2) is 0 Å². The van der Waals surface area contributed by atoms with Crippen LogP contribution in [0.25, 0.3) is 0 Å². The lowest BCUT2D eigenvalue weighted by molar-refractivity contribution is -0.138. The summed E-state index contributed by atoms with van der Waals surface area (Å²) in [6, 6.07) is 15.2. The molecule has 0 aliphatic rings. The quantitative estimate of drug-likeness (QED) is 0.544. The second kappa shape index (κ2) is 12.0. The van der Waals surface area contributed by atoms with Crippen molar-refractivity contribution in [3.05, 3.63) is 70.2 Å². The maximum Gasteiger partial charge on any atom is 0.242 e. The Bertz CT molecular complexity index is 841. The molecule has 2 amide bonds. The Kier molecular flexibility index (Phi) is 9.73. The molecule has 6 heteroatoms. The second-order valence-corrected chi connectivity index (χ2v) is 9.05. The average molecular weight is 447 g/mol. The Morgan fingerprint density at radius 2 is 1.80 bits per heavy atom. The van der Waals surface area contributed by atoms with Crippen LogP contribution in [-0.4, -0.2) is 34.6 Å². The molecule has 0 fully saturated rings. The molecule has 0 saturated carbocycles. The van der Waals surface area contributed by atoms with Crippen molar-refractivity contribution in [3.63, 3.8) is 0 Å². The highest BCUT2D eigenvalue weighted by Gasteiger charge is 2.26. The van der Waals surface area contributed by atoms with Gasteiger partial charge in [-0.2, -0.15) is 0 Å². The lowest BCUT2D eigenvalue weighted by Crippen LogP contribution is -2.50. The van der Waals surface area contributed by atoms with Gasteiger partial charge in [0.15, 0.2) is 0 Å². The number of hydrogen-bond donors (Lipinski definition) is 1. The number of nitrogens with zero attached hydrogens (tertiary/aromatic N) is 1. The van der Waals surface area contributed by atoms with Gasteiger partial charge in [0, 0.05) is 23.4 Å². The minimum absolute atomic E-state index is 0.0468. The summed E-state index contributed by atoms with van der Waals surface area (Å²) >= 11 is 7.55. The van der Waals surface area contributed by atoms with Crippen LogP contribution in [0.3, 0.4) is 0 Å². The fourth-order valence-electron chi connectivity index (χ4n) is 2.98. The number of benzene rings is 2. The van der Waals surface area contributed by atoms with Crippen molar-refractivity contribution >= 4 is 35.2 Å². The molecule has 30 heavy (non-hydrogen) atoms. The van der Waals surface area contributed by atoms with E-state index in [2.05, 4.69) is 30.4 Å². The van der Waals surface area contributed by atoms with Gasteiger partial charge in [0.1, 0.15) is 6.04 Å². The van der Waals surface area contributed by atoms with Crippen LogP contribution in [0.1, 0.15) is 43.9 Å². The first-order valence-electron chi connectivity index (χ1n) is 10.3. The van der Waals surface area contributed by atoms with Gasteiger partial charge in [-0.15, -0.1) is 11.8 Å². The van der Waals surface area contributed by atoms with Crippen LogP contribution in [0.2, 0.25) is 5.02 Å². The predicted octanol–water partition coefficient (Wildman–Crippen LogP) is 5.21. The second-order valence-electron chi connectivity index (χ2n) is 7.62. The molecule has 2 aromatic carbocycles. The molecular weight excluding hydrogens is 416 g/mol. The molecule has 0 saturated heterocycles. The van der Waals surface area contributed by atoms with Crippen molar-refractivity contribution in [1.82, 2.24) is 10.2 Å². The number of carbonyl (C=O) groups excluding carboxylic acids is 2. The van der Waals surface area contributed by atoms with Crippen LogP contribution in [0.4, 0.5) is 0 Å². The molecule has 4 nitrogen and oxygen atoms in total. The zero-order chi connectivity index (χ0) is 22.1. The number of thioether (sulfide) groups is 1. The maximum atomic E-state index is 13.1. The monoisotopic (exact) mass is 446 g/mol. The Morgan fingerprint density at radius 3 is 2.43 bits per heavy atom. The van der Waals surface area contributed by atoms with E-state index < -0.39 is 6.04 Å². The van der Waals surface area contributed by atoms with Crippen LogP contribution in [0, 0.1) is 6.92 Å². The number of aryl methyl sites for hydroxylation is 1. The van der Waals surface area contributed by atoms with Crippen LogP contribution >= 0.6 is 23.4 Å². The van der Waals surface area contributed by atoms with E-state index in [0.717, 1.165) is 17.7 Å². The van der Waals surface area contributed by atoms with Crippen LogP contribution < -0.4 is 5.32 Å². The Balaban J connectivity index is 2.07. The Labute approximate surface area is 189 Å². The van der Waals surface area contributed by atoms with Gasteiger partial charge < -0.3 is 10.2 Å². The van der Waals surface area contributed by atoms with E-state index >= 15 is 0 Å². The Hall–Kier alpha value is -1.98. The summed E-state index contributed by atoms with van der Waals surface area (Å²) in [5.74, 6) is 0.905. The molecule has 0 radical (unpaired) electrons. The summed E-state index contributed by atoms with van der Waals surface area (Å²) in [5.41, 5.74) is 3.35. The number of amides is 2. The molecule has 2 rings (SSSR count). The van der Waals surface area contributed by atoms with E-state index in [1.54, 1.807) is 35.7 Å². The third-order valence-corrected chi connectivity index (χ3v) is 6.25. The highest BCUT2D eigenvalue weighted by molar-refractivity contribution is 7.99. The molecule has 0 aromatic heterocycles. The summed E-state index contributed by atoms with van der Waals surface area (Å²) in [7, 11) is 0. The van der Waals surface area contributed by atoms with Gasteiger partial charge in [0.05, 0.1) is 5.75 Å². The van der Waals surface area contributed by atoms with Gasteiger partial charge in [-0.3, -0.25) is 9.59 Å². The van der Waals surface area contributed by atoms with Crippen molar-refractivity contribution in [1.29, 1.82) is 0 Å². The molecule has 1 N–H and O–H groups in total. The van der Waals surface area contributed by atoms with Crippen molar-refractivity contribution in [2.24, 2.45) is 0 Å². The third kappa shape index (κ3) is 7.69. The molecule has 0 spiro atoms. The molecular formula is C24H31ClN2O2S. The number of nitrogens with one attached hydrogen (secondary N) is 1. The molecule has 0 unspecified atom stereocenters. The van der Waals surface area contributed by atoms with Crippen LogP contribution in [-0.2, 0) is 21.9 Å². The topological polar surface area (TPSA) is 49.4 Å². The van der Waals surface area contributed by atoms with Crippen molar-refractivity contribution in [2.75, 3.05) is 5.75 Å². The number of hydrogen-bond acceptors (Lipinski definition) is 3. The SMILES string of the molecule is CC[C@@H](C)NC(=O)[C@H](C)N(Cc1ccc(Cl)cc1)C(=O)CSCc1cccc(C)c1. The minimum Gasteiger partial charge on any atom is -0.352 e. The van der Waals surface area contributed by atoms with E-state index in [9.17, 15) is 9.59 Å². The third-order valence-electron chi connectivity index (χ3n) is 5.01. The van der Waals surface area contributed by atoms with Crippen molar-refractivity contribution in [2.45, 2.75) is 58.5 Å². The maximum absolute atomic E-state index is 13.1. The molecule has 0 aliphatic carbocycles. The summed E-state index contributed by atoms with van der Waals surface area (Å²) in [5, 5.41) is 3.63. The van der Waals surface area contributed by atoms with E-state index in [1.807, 2.05) is 32.0 Å². The fraction of sp³-hybridized carbons (Fsp3) is 0.417. The molecule has 2 aromatic rings.